The maximum atomic E-state index is 12.1. The van der Waals surface area contributed by atoms with Crippen LogP contribution in [0.1, 0.15) is 19.4 Å². The van der Waals surface area contributed by atoms with E-state index in [4.69, 9.17) is 5.73 Å². The minimum absolute atomic E-state index is 0.0640. The van der Waals surface area contributed by atoms with Crippen LogP contribution in [-0.4, -0.2) is 29.4 Å². The molecule has 0 spiro atoms. The Morgan fingerprint density at radius 3 is 2.50 bits per heavy atom. The Hall–Kier alpha value is -0.880. The fourth-order valence-corrected chi connectivity index (χ4v) is 4.32. The minimum atomic E-state index is -3.15. The summed E-state index contributed by atoms with van der Waals surface area (Å²) in [5, 5.41) is -0.434. The lowest BCUT2D eigenvalue weighted by atomic mass is 10.2. The number of hydrogen-bond acceptors (Lipinski definition) is 4. The predicted molar refractivity (Wildman–Crippen MR) is 75.8 cm³/mol. The molecule has 0 bridgehead atoms. The van der Waals surface area contributed by atoms with Crippen LogP contribution in [0.2, 0.25) is 0 Å². The van der Waals surface area contributed by atoms with Gasteiger partial charge in [0.25, 0.3) is 0 Å². The van der Waals surface area contributed by atoms with Crippen molar-refractivity contribution in [3.63, 3.8) is 0 Å². The number of benzene rings is 1. The van der Waals surface area contributed by atoms with E-state index in [0.29, 0.717) is 10.6 Å². The van der Waals surface area contributed by atoms with E-state index in [0.717, 1.165) is 5.56 Å². The lowest BCUT2D eigenvalue weighted by Gasteiger charge is -2.09. The first-order valence-corrected chi connectivity index (χ1v) is 8.73. The zero-order chi connectivity index (χ0) is 13.9. The highest BCUT2D eigenvalue weighted by molar-refractivity contribution is 7.93. The van der Waals surface area contributed by atoms with Gasteiger partial charge in [-0.2, -0.15) is 0 Å². The summed E-state index contributed by atoms with van der Waals surface area (Å²) in [4.78, 5) is 0.619. The Balaban J connectivity index is 2.81. The highest BCUT2D eigenvalue weighted by Crippen LogP contribution is 2.17. The van der Waals surface area contributed by atoms with Crippen LogP contribution in [0, 0.1) is 6.92 Å². The van der Waals surface area contributed by atoms with Crippen molar-refractivity contribution in [2.75, 3.05) is 17.2 Å². The van der Waals surface area contributed by atoms with Gasteiger partial charge >= 0.3 is 0 Å². The molecular formula is C12H19NO3S2. The first kappa shape index (κ1) is 15.2. The van der Waals surface area contributed by atoms with Crippen LogP contribution in [0.3, 0.4) is 0 Å². The fourth-order valence-electron chi connectivity index (χ4n) is 1.40. The Kier molecular flexibility index (Phi) is 4.92. The molecule has 0 aliphatic carbocycles. The van der Waals surface area contributed by atoms with E-state index in [2.05, 4.69) is 0 Å². The van der Waals surface area contributed by atoms with Gasteiger partial charge in [0, 0.05) is 16.3 Å². The van der Waals surface area contributed by atoms with Crippen LogP contribution in [0.25, 0.3) is 0 Å². The highest BCUT2D eigenvalue weighted by Gasteiger charge is 2.18. The monoisotopic (exact) mass is 289 g/mol. The predicted octanol–water partition coefficient (Wildman–Crippen LogP) is 1.51. The van der Waals surface area contributed by atoms with Crippen molar-refractivity contribution < 1.29 is 12.6 Å². The van der Waals surface area contributed by atoms with Crippen molar-refractivity contribution in [3.8, 4) is 0 Å². The van der Waals surface area contributed by atoms with Gasteiger partial charge in [-0.1, -0.05) is 6.07 Å². The molecular weight excluding hydrogens is 270 g/mol. The number of rotatable bonds is 5. The number of sulfone groups is 1. The molecule has 0 aliphatic heterocycles. The molecule has 0 saturated carbocycles. The van der Waals surface area contributed by atoms with Gasteiger partial charge in [-0.25, -0.2) is 8.42 Å². The number of aryl methyl sites for hydroxylation is 1. The van der Waals surface area contributed by atoms with E-state index >= 15 is 0 Å². The van der Waals surface area contributed by atoms with Crippen molar-refractivity contribution in [1.82, 2.24) is 0 Å². The summed E-state index contributed by atoms with van der Waals surface area (Å²) in [5.41, 5.74) is 7.05. The molecule has 1 aromatic rings. The summed E-state index contributed by atoms with van der Waals surface area (Å²) < 4.78 is 35.4. The molecule has 0 heterocycles. The molecule has 1 rings (SSSR count). The van der Waals surface area contributed by atoms with Gasteiger partial charge in [0.05, 0.1) is 21.8 Å². The largest absolute Gasteiger partial charge is 0.399 e. The molecule has 1 atom stereocenters. The Morgan fingerprint density at radius 2 is 1.94 bits per heavy atom. The minimum Gasteiger partial charge on any atom is -0.399 e. The van der Waals surface area contributed by atoms with E-state index in [9.17, 15) is 12.6 Å². The summed E-state index contributed by atoms with van der Waals surface area (Å²) >= 11 is 0. The molecule has 0 amide bonds. The zero-order valence-electron chi connectivity index (χ0n) is 10.8. The average molecular weight is 289 g/mol. The standard InChI is InChI=1S/C12H19NO3S2/c1-9(2)18(15,16)7-6-17(14)12-8-11(13)5-4-10(12)3/h4-5,8-9H,6-7,13H2,1-3H3. The zero-order valence-corrected chi connectivity index (χ0v) is 12.5. The molecule has 1 unspecified atom stereocenters. The third kappa shape index (κ3) is 3.81. The van der Waals surface area contributed by atoms with E-state index in [1.165, 1.54) is 0 Å². The van der Waals surface area contributed by atoms with Gasteiger partial charge < -0.3 is 5.73 Å². The molecule has 102 valence electrons. The number of nitrogen functional groups attached to an aromatic ring is 1. The average Bonchev–Trinajstić information content (AvgIpc) is 2.29. The molecule has 0 aliphatic rings. The quantitative estimate of drug-likeness (QED) is 0.833. The molecule has 0 fully saturated rings. The Morgan fingerprint density at radius 1 is 1.33 bits per heavy atom. The molecule has 2 N–H and O–H groups in total. The molecule has 6 heteroatoms. The van der Waals surface area contributed by atoms with E-state index in [-0.39, 0.29) is 11.5 Å². The lowest BCUT2D eigenvalue weighted by molar-refractivity contribution is 0.588. The second kappa shape index (κ2) is 5.84. The lowest BCUT2D eigenvalue weighted by Crippen LogP contribution is -2.21. The van der Waals surface area contributed by atoms with Crippen molar-refractivity contribution in [3.05, 3.63) is 23.8 Å². The molecule has 18 heavy (non-hydrogen) atoms. The van der Waals surface area contributed by atoms with Crippen molar-refractivity contribution in [1.29, 1.82) is 0 Å². The van der Waals surface area contributed by atoms with Gasteiger partial charge in [0.2, 0.25) is 0 Å². The van der Waals surface area contributed by atoms with Gasteiger partial charge in [-0.05, 0) is 38.5 Å². The van der Waals surface area contributed by atoms with Crippen LogP contribution in [0.5, 0.6) is 0 Å². The topological polar surface area (TPSA) is 77.2 Å². The van der Waals surface area contributed by atoms with E-state index < -0.39 is 25.9 Å². The van der Waals surface area contributed by atoms with Crippen LogP contribution in [-0.2, 0) is 20.6 Å². The normalized spacial score (nSPS) is 13.8. The first-order chi connectivity index (χ1) is 8.24. The summed E-state index contributed by atoms with van der Waals surface area (Å²) in [7, 11) is -4.48. The summed E-state index contributed by atoms with van der Waals surface area (Å²) in [6.07, 6.45) is 0. The van der Waals surface area contributed by atoms with Crippen LogP contribution in [0.4, 0.5) is 5.69 Å². The molecule has 0 saturated heterocycles. The van der Waals surface area contributed by atoms with Gasteiger partial charge in [-0.15, -0.1) is 0 Å². The molecule has 0 aromatic heterocycles. The number of nitrogens with two attached hydrogens (primary N) is 1. The second-order valence-corrected chi connectivity index (χ2v) is 8.71. The summed E-state index contributed by atoms with van der Waals surface area (Å²) in [5.74, 6) is 0.0519. The SMILES string of the molecule is Cc1ccc(N)cc1S(=O)CCS(=O)(=O)C(C)C. The Labute approximate surface area is 111 Å². The van der Waals surface area contributed by atoms with Crippen molar-refractivity contribution in [2.24, 2.45) is 0 Å². The summed E-state index contributed by atoms with van der Waals surface area (Å²) in [6.45, 7) is 5.09. The molecule has 0 radical (unpaired) electrons. The third-order valence-electron chi connectivity index (χ3n) is 2.73. The highest BCUT2D eigenvalue weighted by atomic mass is 32.2. The second-order valence-electron chi connectivity index (χ2n) is 4.49. The van der Waals surface area contributed by atoms with Gasteiger partial charge in [0.1, 0.15) is 0 Å². The van der Waals surface area contributed by atoms with E-state index in [1.807, 2.05) is 6.92 Å². The number of hydrogen-bond donors (Lipinski definition) is 1. The summed E-state index contributed by atoms with van der Waals surface area (Å²) in [6, 6.07) is 5.17. The van der Waals surface area contributed by atoms with Gasteiger partial charge in [0.15, 0.2) is 9.84 Å². The third-order valence-corrected chi connectivity index (χ3v) is 6.70. The maximum absolute atomic E-state index is 12.1. The smallest absolute Gasteiger partial charge is 0.153 e. The molecule has 4 nitrogen and oxygen atoms in total. The molecule has 1 aromatic carbocycles. The van der Waals surface area contributed by atoms with E-state index in [1.54, 1.807) is 32.0 Å². The fraction of sp³-hybridized carbons (Fsp3) is 0.500. The van der Waals surface area contributed by atoms with Crippen molar-refractivity contribution >= 4 is 26.3 Å². The maximum Gasteiger partial charge on any atom is 0.153 e. The van der Waals surface area contributed by atoms with Crippen molar-refractivity contribution in [2.45, 2.75) is 30.9 Å². The van der Waals surface area contributed by atoms with Gasteiger partial charge in [-0.3, -0.25) is 4.21 Å². The Bertz CT molecular complexity index is 550. The number of anilines is 1. The first-order valence-electron chi connectivity index (χ1n) is 5.70. The van der Waals surface area contributed by atoms with Crippen LogP contribution < -0.4 is 5.73 Å². The van der Waals surface area contributed by atoms with Crippen LogP contribution >= 0.6 is 0 Å². The van der Waals surface area contributed by atoms with Crippen LogP contribution in [0.15, 0.2) is 23.1 Å².